The highest BCUT2D eigenvalue weighted by atomic mass is 35.5. The molecule has 0 bridgehead atoms. The van der Waals surface area contributed by atoms with E-state index in [0.717, 1.165) is 0 Å². The lowest BCUT2D eigenvalue weighted by Crippen LogP contribution is -2.53. The second-order valence-corrected chi connectivity index (χ2v) is 10.5. The number of nitrogens with zero attached hydrogens (tertiary/aromatic N) is 4. The van der Waals surface area contributed by atoms with Crippen molar-refractivity contribution in [1.29, 1.82) is 0 Å². The van der Waals surface area contributed by atoms with Crippen molar-refractivity contribution in [3.8, 4) is 0 Å². The number of carbonyl (C=O) groups is 3. The first-order valence-electron chi connectivity index (χ1n) is 12.2. The number of nitrogens with one attached hydrogen (secondary N) is 1. The van der Waals surface area contributed by atoms with Gasteiger partial charge in [0.25, 0.3) is 5.91 Å². The van der Waals surface area contributed by atoms with E-state index in [1.54, 1.807) is 34.5 Å². The first kappa shape index (κ1) is 25.6. The van der Waals surface area contributed by atoms with Gasteiger partial charge in [0.2, 0.25) is 11.8 Å². The lowest BCUT2D eigenvalue weighted by Gasteiger charge is -2.37. The molecule has 1 aliphatic heterocycles. The van der Waals surface area contributed by atoms with Gasteiger partial charge in [-0.05, 0) is 44.2 Å². The van der Waals surface area contributed by atoms with Crippen molar-refractivity contribution >= 4 is 45.8 Å². The van der Waals surface area contributed by atoms with Crippen molar-refractivity contribution in [3.63, 3.8) is 0 Å². The average molecular weight is 518 g/mol. The fourth-order valence-corrected chi connectivity index (χ4v) is 5.48. The number of piperazine rings is 1. The van der Waals surface area contributed by atoms with Gasteiger partial charge in [0.15, 0.2) is 5.13 Å². The molecular weight excluding hydrogens is 486 g/mol. The molecule has 1 saturated heterocycles. The van der Waals surface area contributed by atoms with Gasteiger partial charge >= 0.3 is 0 Å². The molecule has 1 aromatic carbocycles. The summed E-state index contributed by atoms with van der Waals surface area (Å²) in [6.07, 6.45) is 6.32. The molecule has 10 heteroatoms. The van der Waals surface area contributed by atoms with Crippen molar-refractivity contribution < 1.29 is 14.4 Å². The first-order valence-corrected chi connectivity index (χ1v) is 13.4. The molecule has 35 heavy (non-hydrogen) atoms. The van der Waals surface area contributed by atoms with Gasteiger partial charge in [-0.25, -0.2) is 4.98 Å². The summed E-state index contributed by atoms with van der Waals surface area (Å²) in [5, 5.41) is 5.56. The Morgan fingerprint density at radius 1 is 1.03 bits per heavy atom. The summed E-state index contributed by atoms with van der Waals surface area (Å²) < 4.78 is 0. The first-order chi connectivity index (χ1) is 16.9. The number of benzene rings is 1. The van der Waals surface area contributed by atoms with Crippen molar-refractivity contribution in [2.24, 2.45) is 0 Å². The van der Waals surface area contributed by atoms with E-state index < -0.39 is 0 Å². The van der Waals surface area contributed by atoms with Crippen LogP contribution in [0, 0.1) is 0 Å². The lowest BCUT2D eigenvalue weighted by atomic mass is 9.94. The molecule has 0 atom stereocenters. The number of carbonyl (C=O) groups excluding carboxylic acids is 3. The number of hydrogen-bond acceptors (Lipinski definition) is 6. The summed E-state index contributed by atoms with van der Waals surface area (Å²) >= 11 is 7.15. The van der Waals surface area contributed by atoms with Gasteiger partial charge < -0.3 is 9.80 Å². The molecular formula is C25H32ClN5O3S. The molecule has 2 aromatic rings. The Morgan fingerprint density at radius 3 is 2.31 bits per heavy atom. The molecule has 0 spiro atoms. The third-order valence-electron chi connectivity index (χ3n) is 6.78. The Morgan fingerprint density at radius 2 is 1.66 bits per heavy atom. The van der Waals surface area contributed by atoms with Crippen LogP contribution < -0.4 is 5.32 Å². The predicted molar refractivity (Wildman–Crippen MR) is 138 cm³/mol. The summed E-state index contributed by atoms with van der Waals surface area (Å²) in [4.78, 5) is 48.2. The van der Waals surface area contributed by atoms with E-state index in [0.29, 0.717) is 60.2 Å². The normalized spacial score (nSPS) is 17.0. The third kappa shape index (κ3) is 7.02. The maximum atomic E-state index is 12.8. The summed E-state index contributed by atoms with van der Waals surface area (Å²) in [7, 11) is 2.05. The van der Waals surface area contributed by atoms with Gasteiger partial charge in [-0.2, -0.15) is 0 Å². The zero-order valence-electron chi connectivity index (χ0n) is 20.0. The van der Waals surface area contributed by atoms with Crippen LogP contribution in [0.4, 0.5) is 5.13 Å². The smallest absolute Gasteiger partial charge is 0.257 e. The number of hydrogen-bond donors (Lipinski definition) is 1. The number of thiazole rings is 1. The Kier molecular flexibility index (Phi) is 8.75. The molecule has 1 aliphatic carbocycles. The van der Waals surface area contributed by atoms with E-state index in [4.69, 9.17) is 11.6 Å². The molecule has 1 aromatic heterocycles. The van der Waals surface area contributed by atoms with Crippen molar-refractivity contribution in [2.75, 3.05) is 45.1 Å². The van der Waals surface area contributed by atoms with Crippen LogP contribution in [0.3, 0.4) is 0 Å². The van der Waals surface area contributed by atoms with Gasteiger partial charge in [0.05, 0.1) is 18.7 Å². The predicted octanol–water partition coefficient (Wildman–Crippen LogP) is 3.53. The van der Waals surface area contributed by atoms with Crippen LogP contribution in [-0.2, 0) is 16.0 Å². The Bertz CT molecular complexity index is 1030. The monoisotopic (exact) mass is 517 g/mol. The van der Waals surface area contributed by atoms with Crippen molar-refractivity contribution in [2.45, 2.75) is 44.6 Å². The maximum absolute atomic E-state index is 12.8. The van der Waals surface area contributed by atoms with E-state index in [9.17, 15) is 14.4 Å². The zero-order valence-corrected chi connectivity index (χ0v) is 21.6. The summed E-state index contributed by atoms with van der Waals surface area (Å²) in [5.41, 5.74) is 1.11. The number of anilines is 1. The van der Waals surface area contributed by atoms with Gasteiger partial charge in [0, 0.05) is 48.2 Å². The third-order valence-corrected chi connectivity index (χ3v) is 7.84. The van der Waals surface area contributed by atoms with E-state index in [1.807, 2.05) is 11.9 Å². The minimum Gasteiger partial charge on any atom is -0.339 e. The van der Waals surface area contributed by atoms with Crippen LogP contribution >= 0.6 is 22.9 Å². The van der Waals surface area contributed by atoms with Gasteiger partial charge in [0.1, 0.15) is 0 Å². The quantitative estimate of drug-likeness (QED) is 0.607. The van der Waals surface area contributed by atoms with Crippen LogP contribution in [0.25, 0.3) is 0 Å². The highest BCUT2D eigenvalue weighted by molar-refractivity contribution is 7.14. The van der Waals surface area contributed by atoms with Crippen LogP contribution in [-0.4, -0.2) is 83.2 Å². The van der Waals surface area contributed by atoms with Crippen LogP contribution in [0.1, 0.15) is 48.2 Å². The van der Waals surface area contributed by atoms with E-state index in [-0.39, 0.29) is 24.1 Å². The lowest BCUT2D eigenvalue weighted by molar-refractivity contribution is -0.140. The molecule has 0 unspecified atom stereocenters. The van der Waals surface area contributed by atoms with Crippen LogP contribution in [0.5, 0.6) is 0 Å². The van der Waals surface area contributed by atoms with Crippen molar-refractivity contribution in [1.82, 2.24) is 19.7 Å². The minimum absolute atomic E-state index is 0.0164. The minimum atomic E-state index is -0.274. The van der Waals surface area contributed by atoms with Gasteiger partial charge in [-0.1, -0.05) is 30.9 Å². The highest BCUT2D eigenvalue weighted by Crippen LogP contribution is 2.22. The number of aromatic nitrogens is 1. The molecule has 0 radical (unpaired) electrons. The highest BCUT2D eigenvalue weighted by Gasteiger charge is 2.27. The SMILES string of the molecule is CN(CC(=O)N1CCN(C(=O)Cc2csc(NC(=O)c3ccc(Cl)cc3)n2)CC1)C1CCCCC1. The summed E-state index contributed by atoms with van der Waals surface area (Å²) in [6, 6.07) is 7.12. The fourth-order valence-electron chi connectivity index (χ4n) is 4.65. The molecule has 188 valence electrons. The van der Waals surface area contributed by atoms with E-state index >= 15 is 0 Å². The van der Waals surface area contributed by atoms with Crippen LogP contribution in [0.15, 0.2) is 29.6 Å². The molecule has 2 aliphatic rings. The topological polar surface area (TPSA) is 85.9 Å². The zero-order chi connectivity index (χ0) is 24.8. The second-order valence-electron chi connectivity index (χ2n) is 9.25. The standard InChI is InChI=1S/C25H32ClN5O3S/c1-29(21-5-3-2-4-6-21)16-23(33)31-13-11-30(12-14-31)22(32)15-20-17-35-25(27-20)28-24(34)18-7-9-19(26)10-8-18/h7-10,17,21H,2-6,11-16H2,1H3,(H,27,28,34). The molecule has 8 nitrogen and oxygen atoms in total. The Balaban J connectivity index is 1.21. The molecule has 1 N–H and O–H groups in total. The molecule has 4 rings (SSSR count). The largest absolute Gasteiger partial charge is 0.339 e. The van der Waals surface area contributed by atoms with Crippen LogP contribution in [0.2, 0.25) is 5.02 Å². The van der Waals surface area contributed by atoms with Crippen molar-refractivity contribution in [3.05, 3.63) is 45.9 Å². The summed E-state index contributed by atoms with van der Waals surface area (Å²) in [5.74, 6) is -0.146. The number of rotatable bonds is 7. The average Bonchev–Trinajstić information content (AvgIpc) is 3.31. The van der Waals surface area contributed by atoms with E-state index in [1.165, 1.54) is 43.4 Å². The number of amides is 3. The molecule has 1 saturated carbocycles. The fraction of sp³-hybridized carbons (Fsp3) is 0.520. The number of likely N-dealkylation sites (N-methyl/N-ethyl adjacent to an activating group) is 1. The summed E-state index contributed by atoms with van der Waals surface area (Å²) in [6.45, 7) is 2.62. The number of halogens is 1. The Labute approximate surface area is 215 Å². The second kappa shape index (κ2) is 12.0. The van der Waals surface area contributed by atoms with Gasteiger partial charge in [-0.3, -0.25) is 24.6 Å². The van der Waals surface area contributed by atoms with E-state index in [2.05, 4.69) is 15.2 Å². The molecule has 3 amide bonds. The molecule has 2 fully saturated rings. The Hall–Kier alpha value is -2.49. The van der Waals surface area contributed by atoms with Gasteiger partial charge in [-0.15, -0.1) is 11.3 Å². The molecule has 2 heterocycles. The maximum Gasteiger partial charge on any atom is 0.257 e.